The third-order valence-electron chi connectivity index (χ3n) is 5.80. The third kappa shape index (κ3) is 8.90. The number of nitrogens with zero attached hydrogens (tertiary/aromatic N) is 1. The zero-order chi connectivity index (χ0) is 24.6. The van der Waals surface area contributed by atoms with Gasteiger partial charge in [0.25, 0.3) is 0 Å². The van der Waals surface area contributed by atoms with E-state index in [1.54, 1.807) is 14.2 Å². The molecular weight excluding hydrogens is 414 g/mol. The average molecular weight is 458 g/mol. The molecule has 0 spiro atoms. The largest absolute Gasteiger partial charge is 0.493 e. The molecule has 0 heterocycles. The van der Waals surface area contributed by atoms with Gasteiger partial charge >= 0.3 is 0 Å². The summed E-state index contributed by atoms with van der Waals surface area (Å²) in [5.41, 5.74) is 2.85. The number of rotatable bonds is 12. The van der Waals surface area contributed by atoms with E-state index in [0.29, 0.717) is 6.54 Å². The molecule has 0 aliphatic carbocycles. The summed E-state index contributed by atoms with van der Waals surface area (Å²) in [6, 6.07) is 14.3. The molecule has 5 nitrogen and oxygen atoms in total. The Bertz CT molecular complexity index is 855. The van der Waals surface area contributed by atoms with E-state index in [0.717, 1.165) is 36.6 Å². The molecule has 0 radical (unpaired) electrons. The second-order valence-corrected chi connectivity index (χ2v) is 10.8. The molecule has 2 aromatic rings. The highest BCUT2D eigenvalue weighted by Crippen LogP contribution is 2.36. The summed E-state index contributed by atoms with van der Waals surface area (Å²) in [7, 11) is 5.29. The lowest BCUT2D eigenvalue weighted by Crippen LogP contribution is -2.34. The molecule has 0 aliphatic rings. The highest BCUT2D eigenvalue weighted by atomic mass is 16.5. The number of ether oxygens (including phenoxy) is 3. The van der Waals surface area contributed by atoms with Crippen molar-refractivity contribution in [2.24, 2.45) is 5.41 Å². The van der Waals surface area contributed by atoms with Crippen LogP contribution in [-0.2, 0) is 11.8 Å². The fraction of sp³-hybridized carbons (Fsp3) is 0.571. The molecule has 1 atom stereocenters. The van der Waals surface area contributed by atoms with Gasteiger partial charge in [-0.05, 0) is 66.1 Å². The SMILES string of the molecule is COc1ccc(CCN(C)C[C@@H](O)COc2ccc(C(C)(C)CC(C)(C)C)cc2)cc1OC. The summed E-state index contributed by atoms with van der Waals surface area (Å²) >= 11 is 0. The van der Waals surface area contributed by atoms with Gasteiger partial charge < -0.3 is 24.2 Å². The molecule has 0 amide bonds. The van der Waals surface area contributed by atoms with E-state index in [2.05, 4.69) is 51.7 Å². The highest BCUT2D eigenvalue weighted by molar-refractivity contribution is 5.43. The summed E-state index contributed by atoms with van der Waals surface area (Å²) in [5.74, 6) is 2.25. The Hall–Kier alpha value is -2.24. The molecule has 184 valence electrons. The minimum atomic E-state index is -0.558. The fourth-order valence-corrected chi connectivity index (χ4v) is 4.48. The molecule has 0 fully saturated rings. The van der Waals surface area contributed by atoms with Gasteiger partial charge in [-0.1, -0.05) is 52.8 Å². The Kier molecular flexibility index (Phi) is 9.62. The van der Waals surface area contributed by atoms with Crippen LogP contribution in [0.4, 0.5) is 0 Å². The second-order valence-electron chi connectivity index (χ2n) is 10.8. The highest BCUT2D eigenvalue weighted by Gasteiger charge is 2.27. The molecule has 33 heavy (non-hydrogen) atoms. The van der Waals surface area contributed by atoms with Gasteiger partial charge in [-0.3, -0.25) is 0 Å². The van der Waals surface area contributed by atoms with Crippen LogP contribution in [0.5, 0.6) is 17.2 Å². The Balaban J connectivity index is 1.80. The van der Waals surface area contributed by atoms with E-state index in [1.165, 1.54) is 11.1 Å². The number of benzene rings is 2. The summed E-state index contributed by atoms with van der Waals surface area (Å²) < 4.78 is 16.5. The number of hydrogen-bond donors (Lipinski definition) is 1. The molecule has 0 saturated carbocycles. The molecule has 0 unspecified atom stereocenters. The molecule has 2 rings (SSSR count). The lowest BCUT2D eigenvalue weighted by atomic mass is 9.72. The normalized spacial score (nSPS) is 13.2. The summed E-state index contributed by atoms with van der Waals surface area (Å²) in [6.07, 6.45) is 1.41. The van der Waals surface area contributed by atoms with E-state index in [9.17, 15) is 5.11 Å². The standard InChI is InChI=1S/C28H43NO4/c1-27(2,3)20-28(4,5)22-10-12-24(13-11-22)33-19-23(30)18-29(6)16-15-21-9-14-25(31-7)26(17-21)32-8/h9-14,17,23,30H,15-16,18-20H2,1-8H3/t23-/m1/s1. The first-order valence-electron chi connectivity index (χ1n) is 11.7. The Labute approximate surface area is 200 Å². The summed E-state index contributed by atoms with van der Waals surface area (Å²) in [5, 5.41) is 10.4. The van der Waals surface area contributed by atoms with Crippen molar-refractivity contribution < 1.29 is 19.3 Å². The van der Waals surface area contributed by atoms with E-state index in [1.807, 2.05) is 37.4 Å². The van der Waals surface area contributed by atoms with Crippen molar-refractivity contribution in [3.63, 3.8) is 0 Å². The van der Waals surface area contributed by atoms with Crippen molar-refractivity contribution in [2.45, 2.75) is 59.0 Å². The Morgan fingerprint density at radius 2 is 1.55 bits per heavy atom. The van der Waals surface area contributed by atoms with Crippen LogP contribution in [0.3, 0.4) is 0 Å². The predicted octanol–water partition coefficient (Wildman–Crippen LogP) is 5.33. The number of hydrogen-bond acceptors (Lipinski definition) is 5. The summed E-state index contributed by atoms with van der Waals surface area (Å²) in [4.78, 5) is 2.11. The lowest BCUT2D eigenvalue weighted by Gasteiger charge is -2.33. The Morgan fingerprint density at radius 1 is 0.909 bits per heavy atom. The molecule has 5 heteroatoms. The predicted molar refractivity (Wildman–Crippen MR) is 136 cm³/mol. The van der Waals surface area contributed by atoms with Crippen molar-refractivity contribution in [1.82, 2.24) is 4.90 Å². The first kappa shape index (κ1) is 27.0. The van der Waals surface area contributed by atoms with Crippen LogP contribution in [0.1, 0.15) is 52.2 Å². The van der Waals surface area contributed by atoms with Crippen LogP contribution in [-0.4, -0.2) is 57.1 Å². The van der Waals surface area contributed by atoms with E-state index >= 15 is 0 Å². The summed E-state index contributed by atoms with van der Waals surface area (Å²) in [6.45, 7) is 13.0. The lowest BCUT2D eigenvalue weighted by molar-refractivity contribution is 0.0766. The van der Waals surface area contributed by atoms with Gasteiger partial charge in [0.15, 0.2) is 11.5 Å². The molecule has 1 N–H and O–H groups in total. The fourth-order valence-electron chi connectivity index (χ4n) is 4.48. The van der Waals surface area contributed by atoms with Crippen molar-refractivity contribution >= 4 is 0 Å². The van der Waals surface area contributed by atoms with Gasteiger partial charge in [0.2, 0.25) is 0 Å². The van der Waals surface area contributed by atoms with E-state index < -0.39 is 6.10 Å². The van der Waals surface area contributed by atoms with Gasteiger partial charge in [-0.2, -0.15) is 0 Å². The quantitative estimate of drug-likeness (QED) is 0.467. The van der Waals surface area contributed by atoms with Gasteiger partial charge in [-0.15, -0.1) is 0 Å². The molecule has 0 aromatic heterocycles. The van der Waals surface area contributed by atoms with E-state index in [4.69, 9.17) is 14.2 Å². The molecule has 0 saturated heterocycles. The van der Waals surface area contributed by atoms with Crippen LogP contribution >= 0.6 is 0 Å². The number of aliphatic hydroxyl groups is 1. The first-order chi connectivity index (χ1) is 15.4. The van der Waals surface area contributed by atoms with Crippen LogP contribution in [0, 0.1) is 5.41 Å². The number of methoxy groups -OCH3 is 2. The minimum absolute atomic E-state index is 0.104. The molecule has 0 aliphatic heterocycles. The average Bonchev–Trinajstić information content (AvgIpc) is 2.74. The maximum atomic E-state index is 10.4. The van der Waals surface area contributed by atoms with Gasteiger partial charge in [0.05, 0.1) is 14.2 Å². The van der Waals surface area contributed by atoms with E-state index in [-0.39, 0.29) is 17.4 Å². The first-order valence-corrected chi connectivity index (χ1v) is 11.7. The zero-order valence-electron chi connectivity index (χ0n) is 21.8. The second kappa shape index (κ2) is 11.8. The van der Waals surface area contributed by atoms with Crippen molar-refractivity contribution in [2.75, 3.05) is 41.0 Å². The maximum absolute atomic E-state index is 10.4. The van der Waals surface area contributed by atoms with Gasteiger partial charge in [0, 0.05) is 13.1 Å². The molecular formula is C28H43NO4. The van der Waals surface area contributed by atoms with Crippen LogP contribution in [0.25, 0.3) is 0 Å². The van der Waals surface area contributed by atoms with Crippen LogP contribution < -0.4 is 14.2 Å². The maximum Gasteiger partial charge on any atom is 0.160 e. The van der Waals surface area contributed by atoms with Crippen molar-refractivity contribution in [3.8, 4) is 17.2 Å². The van der Waals surface area contributed by atoms with Gasteiger partial charge in [0.1, 0.15) is 18.5 Å². The van der Waals surface area contributed by atoms with Crippen molar-refractivity contribution in [3.05, 3.63) is 53.6 Å². The van der Waals surface area contributed by atoms with Crippen LogP contribution in [0.2, 0.25) is 0 Å². The Morgan fingerprint density at radius 3 is 2.12 bits per heavy atom. The number of likely N-dealkylation sites (N-methyl/N-ethyl adjacent to an activating group) is 1. The smallest absolute Gasteiger partial charge is 0.160 e. The molecule has 2 aromatic carbocycles. The minimum Gasteiger partial charge on any atom is -0.493 e. The van der Waals surface area contributed by atoms with Crippen LogP contribution in [0.15, 0.2) is 42.5 Å². The third-order valence-corrected chi connectivity index (χ3v) is 5.80. The monoisotopic (exact) mass is 457 g/mol. The van der Waals surface area contributed by atoms with Crippen molar-refractivity contribution in [1.29, 1.82) is 0 Å². The molecule has 0 bridgehead atoms. The number of aliphatic hydroxyl groups excluding tert-OH is 1. The zero-order valence-corrected chi connectivity index (χ0v) is 21.8. The van der Waals surface area contributed by atoms with Gasteiger partial charge in [-0.25, -0.2) is 0 Å². The topological polar surface area (TPSA) is 51.2 Å².